The van der Waals surface area contributed by atoms with E-state index in [-0.39, 0.29) is 18.6 Å². The lowest BCUT2D eigenvalue weighted by Gasteiger charge is -2.44. The molecule has 0 aromatic carbocycles. The molecule has 0 bridgehead atoms. The van der Waals surface area contributed by atoms with Crippen molar-refractivity contribution in [3.8, 4) is 0 Å². The van der Waals surface area contributed by atoms with Gasteiger partial charge in [-0.1, -0.05) is 6.08 Å². The van der Waals surface area contributed by atoms with E-state index in [9.17, 15) is 56.2 Å². The summed E-state index contributed by atoms with van der Waals surface area (Å²) in [6.07, 6.45) is -15.4. The largest absolute Gasteiger partial charge is 0.394 e. The fraction of sp³-hybridized carbons (Fsp3) is 0.900. The first-order valence-electron chi connectivity index (χ1n) is 11.1. The van der Waals surface area contributed by atoms with E-state index in [0.717, 1.165) is 0 Å². The second-order valence-electron chi connectivity index (χ2n) is 9.12. The van der Waals surface area contributed by atoms with Gasteiger partial charge in [-0.2, -0.15) is 0 Å². The molecule has 2 aliphatic carbocycles. The van der Waals surface area contributed by atoms with Crippen molar-refractivity contribution in [1.29, 1.82) is 0 Å². The van der Waals surface area contributed by atoms with Gasteiger partial charge in [0.25, 0.3) is 0 Å². The summed E-state index contributed by atoms with van der Waals surface area (Å²) >= 11 is 0. The molecule has 198 valence electrons. The van der Waals surface area contributed by atoms with Gasteiger partial charge in [-0.05, 0) is 12.0 Å². The fourth-order valence-corrected chi connectivity index (χ4v) is 4.67. The van der Waals surface area contributed by atoms with E-state index in [1.807, 2.05) is 0 Å². The molecule has 0 amide bonds. The number of ether oxygens (including phenoxy) is 2. The van der Waals surface area contributed by atoms with Crippen LogP contribution in [0.15, 0.2) is 11.6 Å². The SMILES string of the molecule is OCC1=CC(NC2CC(COC3OC(CO)C(O)C(O)C3O)C(O)C(O)C2O)C(O)C(O)C1O. The molecular weight excluding hydrogens is 462 g/mol. The summed E-state index contributed by atoms with van der Waals surface area (Å²) in [6, 6.07) is -1.94. The maximum atomic E-state index is 10.4. The van der Waals surface area contributed by atoms with E-state index in [2.05, 4.69) is 5.32 Å². The molecule has 12 N–H and O–H groups in total. The molecule has 14 heteroatoms. The minimum absolute atomic E-state index is 0.0129. The van der Waals surface area contributed by atoms with Gasteiger partial charge in [-0.15, -0.1) is 0 Å². The molecule has 1 heterocycles. The molecule has 1 aliphatic heterocycles. The standard InChI is InChI=1S/C20H35NO13/c22-3-6-1-8(13(26)16(29)11(6)24)21-9-2-7(12(25)17(30)14(9)27)5-33-20-19(32)18(31)15(28)10(4-23)34-20/h1,7-32H,2-5H2. The highest BCUT2D eigenvalue weighted by Crippen LogP contribution is 2.30. The Hall–Kier alpha value is -0.820. The normalized spacial score (nSPS) is 50.1. The average Bonchev–Trinajstić information content (AvgIpc) is 2.83. The second kappa shape index (κ2) is 11.5. The Morgan fingerprint density at radius 1 is 0.794 bits per heavy atom. The van der Waals surface area contributed by atoms with E-state index in [4.69, 9.17) is 9.47 Å². The smallest absolute Gasteiger partial charge is 0.186 e. The lowest BCUT2D eigenvalue weighted by Crippen LogP contribution is -2.64. The van der Waals surface area contributed by atoms with Crippen LogP contribution in [0.2, 0.25) is 0 Å². The van der Waals surface area contributed by atoms with Crippen LogP contribution < -0.4 is 5.32 Å². The minimum Gasteiger partial charge on any atom is -0.394 e. The Bertz CT molecular complexity index is 695. The highest BCUT2D eigenvalue weighted by molar-refractivity contribution is 5.22. The van der Waals surface area contributed by atoms with Gasteiger partial charge in [-0.25, -0.2) is 0 Å². The maximum Gasteiger partial charge on any atom is 0.186 e. The van der Waals surface area contributed by atoms with E-state index in [0.29, 0.717) is 0 Å². The second-order valence-corrected chi connectivity index (χ2v) is 9.12. The predicted octanol–water partition coefficient (Wildman–Crippen LogP) is -6.75. The van der Waals surface area contributed by atoms with Gasteiger partial charge in [0, 0.05) is 12.0 Å². The van der Waals surface area contributed by atoms with Crippen molar-refractivity contribution < 1.29 is 65.6 Å². The highest BCUT2D eigenvalue weighted by atomic mass is 16.7. The van der Waals surface area contributed by atoms with Gasteiger partial charge in [-0.3, -0.25) is 0 Å². The van der Waals surface area contributed by atoms with Crippen LogP contribution in [-0.2, 0) is 9.47 Å². The Balaban J connectivity index is 1.67. The van der Waals surface area contributed by atoms with E-state index >= 15 is 0 Å². The Morgan fingerprint density at radius 2 is 1.44 bits per heavy atom. The number of hydrogen-bond donors (Lipinski definition) is 12. The first kappa shape index (κ1) is 27.8. The molecule has 0 radical (unpaired) electrons. The lowest BCUT2D eigenvalue weighted by molar-refractivity contribution is -0.306. The number of hydrogen-bond acceptors (Lipinski definition) is 14. The monoisotopic (exact) mass is 497 g/mol. The van der Waals surface area contributed by atoms with Crippen molar-refractivity contribution in [2.45, 2.75) is 85.8 Å². The number of aliphatic hydroxyl groups excluding tert-OH is 11. The lowest BCUT2D eigenvalue weighted by atomic mass is 9.78. The third-order valence-electron chi connectivity index (χ3n) is 6.88. The van der Waals surface area contributed by atoms with Gasteiger partial charge >= 0.3 is 0 Å². The maximum absolute atomic E-state index is 10.4. The molecular formula is C20H35NO13. The van der Waals surface area contributed by atoms with Gasteiger partial charge < -0.3 is 71.0 Å². The van der Waals surface area contributed by atoms with Crippen molar-refractivity contribution in [3.05, 3.63) is 11.6 Å². The quantitative estimate of drug-likeness (QED) is 0.146. The molecule has 3 aliphatic rings. The Kier molecular flexibility index (Phi) is 9.38. The van der Waals surface area contributed by atoms with Gasteiger partial charge in [0.1, 0.15) is 48.8 Å². The van der Waals surface area contributed by atoms with Crippen LogP contribution in [0.25, 0.3) is 0 Å². The van der Waals surface area contributed by atoms with Crippen molar-refractivity contribution in [2.75, 3.05) is 19.8 Å². The summed E-state index contributed by atoms with van der Waals surface area (Å²) in [4.78, 5) is 0. The summed E-state index contributed by atoms with van der Waals surface area (Å²) in [6.45, 7) is -1.55. The third-order valence-corrected chi connectivity index (χ3v) is 6.88. The molecule has 0 spiro atoms. The van der Waals surface area contributed by atoms with E-state index in [1.165, 1.54) is 6.08 Å². The third kappa shape index (κ3) is 5.45. The molecule has 0 aromatic rings. The van der Waals surface area contributed by atoms with Crippen molar-refractivity contribution in [2.24, 2.45) is 5.92 Å². The van der Waals surface area contributed by atoms with Crippen LogP contribution in [0, 0.1) is 5.92 Å². The summed E-state index contributed by atoms with van der Waals surface area (Å²) in [5, 5.41) is 113. The van der Waals surface area contributed by atoms with Crippen molar-refractivity contribution in [3.63, 3.8) is 0 Å². The summed E-state index contributed by atoms with van der Waals surface area (Å²) in [7, 11) is 0. The van der Waals surface area contributed by atoms with Crippen LogP contribution in [0.1, 0.15) is 6.42 Å². The van der Waals surface area contributed by atoms with Gasteiger partial charge in [0.15, 0.2) is 6.29 Å². The van der Waals surface area contributed by atoms with E-state index in [1.54, 1.807) is 0 Å². The topological polar surface area (TPSA) is 253 Å². The van der Waals surface area contributed by atoms with Crippen molar-refractivity contribution >= 4 is 0 Å². The Labute approximate surface area is 194 Å². The van der Waals surface area contributed by atoms with Crippen LogP contribution >= 0.6 is 0 Å². The zero-order valence-electron chi connectivity index (χ0n) is 18.2. The first-order valence-corrected chi connectivity index (χ1v) is 11.1. The van der Waals surface area contributed by atoms with Crippen LogP contribution in [0.5, 0.6) is 0 Å². The fourth-order valence-electron chi connectivity index (χ4n) is 4.67. The first-order chi connectivity index (χ1) is 16.0. The summed E-state index contributed by atoms with van der Waals surface area (Å²) in [5.74, 6) is -0.833. The highest BCUT2D eigenvalue weighted by Gasteiger charge is 2.47. The number of rotatable bonds is 7. The minimum atomic E-state index is -1.66. The Morgan fingerprint density at radius 3 is 2.06 bits per heavy atom. The van der Waals surface area contributed by atoms with Crippen LogP contribution in [-0.4, -0.2) is 155 Å². The van der Waals surface area contributed by atoms with Gasteiger partial charge in [0.2, 0.25) is 0 Å². The van der Waals surface area contributed by atoms with E-state index < -0.39 is 98.5 Å². The molecule has 14 unspecified atom stereocenters. The molecule has 1 saturated carbocycles. The van der Waals surface area contributed by atoms with Crippen LogP contribution in [0.4, 0.5) is 0 Å². The number of aliphatic hydroxyl groups is 11. The molecule has 1 saturated heterocycles. The zero-order valence-corrected chi connectivity index (χ0v) is 18.2. The summed E-state index contributed by atoms with van der Waals surface area (Å²) < 4.78 is 10.7. The number of nitrogens with one attached hydrogen (secondary N) is 1. The molecule has 14 nitrogen and oxygen atoms in total. The molecule has 3 rings (SSSR count). The van der Waals surface area contributed by atoms with Gasteiger partial charge in [0.05, 0.1) is 38.1 Å². The molecule has 2 fully saturated rings. The zero-order chi connectivity index (χ0) is 25.3. The molecule has 0 aromatic heterocycles. The molecule has 14 atom stereocenters. The van der Waals surface area contributed by atoms with Crippen LogP contribution in [0.3, 0.4) is 0 Å². The predicted molar refractivity (Wildman–Crippen MR) is 110 cm³/mol. The molecule has 34 heavy (non-hydrogen) atoms. The average molecular weight is 497 g/mol. The van der Waals surface area contributed by atoms with Crippen molar-refractivity contribution in [1.82, 2.24) is 5.32 Å². The summed E-state index contributed by atoms with van der Waals surface area (Å²) in [5.41, 5.74) is 0.0590.